The van der Waals surface area contributed by atoms with Gasteiger partial charge in [0, 0.05) is 46.5 Å². The molecule has 0 aliphatic carbocycles. The van der Waals surface area contributed by atoms with E-state index in [1.54, 1.807) is 11.0 Å². The lowest BCUT2D eigenvalue weighted by Gasteiger charge is -2.42. The summed E-state index contributed by atoms with van der Waals surface area (Å²) >= 11 is 6.40. The van der Waals surface area contributed by atoms with Gasteiger partial charge < -0.3 is 25.7 Å². The summed E-state index contributed by atoms with van der Waals surface area (Å²) in [5.41, 5.74) is 3.15. The lowest BCUT2D eigenvalue weighted by Crippen LogP contribution is -2.60. The van der Waals surface area contributed by atoms with E-state index < -0.39 is 17.5 Å². The molecular formula is C26H28ClFN6O3. The largest absolute Gasteiger partial charge is 0.385 e. The van der Waals surface area contributed by atoms with Crippen LogP contribution in [0.25, 0.3) is 17.0 Å². The third-order valence-corrected chi connectivity index (χ3v) is 6.76. The Morgan fingerprint density at radius 2 is 2.19 bits per heavy atom. The van der Waals surface area contributed by atoms with Crippen molar-refractivity contribution in [2.75, 3.05) is 25.0 Å². The molecule has 0 saturated carbocycles. The molecule has 2 amide bonds. The highest BCUT2D eigenvalue weighted by Gasteiger charge is 2.38. The molecule has 1 fully saturated rings. The summed E-state index contributed by atoms with van der Waals surface area (Å²) in [6.45, 7) is 4.91. The van der Waals surface area contributed by atoms with Crippen molar-refractivity contribution < 1.29 is 18.7 Å². The van der Waals surface area contributed by atoms with Gasteiger partial charge >= 0.3 is 0 Å². The van der Waals surface area contributed by atoms with Gasteiger partial charge in [-0.25, -0.2) is 4.39 Å². The molecule has 9 nitrogen and oxygen atoms in total. The number of amides is 2. The fraction of sp³-hybridized carbons (Fsp3) is 0.346. The molecule has 2 aliphatic rings. The van der Waals surface area contributed by atoms with E-state index in [1.165, 1.54) is 12.3 Å². The van der Waals surface area contributed by atoms with Crippen molar-refractivity contribution in [1.82, 2.24) is 25.5 Å². The number of nitrogens with one attached hydrogen (secondary N) is 4. The molecule has 4 N–H and O–H groups in total. The van der Waals surface area contributed by atoms with Gasteiger partial charge in [0.25, 0.3) is 0 Å². The number of fused-ring (bicyclic) bond motifs is 3. The molecule has 0 unspecified atom stereocenters. The summed E-state index contributed by atoms with van der Waals surface area (Å²) in [5, 5.41) is 10.3. The molecule has 1 atom stereocenters. The zero-order chi connectivity index (χ0) is 26.2. The van der Waals surface area contributed by atoms with Crippen molar-refractivity contribution in [3.8, 4) is 0 Å². The summed E-state index contributed by atoms with van der Waals surface area (Å²) in [5.74, 6) is -1.13. The van der Waals surface area contributed by atoms with Crippen LogP contribution in [0.3, 0.4) is 0 Å². The molecule has 5 rings (SSSR count). The smallest absolute Gasteiger partial charge is 0.244 e. The van der Waals surface area contributed by atoms with Gasteiger partial charge in [-0.05, 0) is 44.3 Å². The lowest BCUT2D eigenvalue weighted by atomic mass is 10.0. The zero-order valence-corrected chi connectivity index (χ0v) is 21.3. The van der Waals surface area contributed by atoms with Crippen LogP contribution in [0, 0.1) is 5.82 Å². The standard InChI is InChI=1S/C26H28ClFN6O3/c1-26(2)14-34(12-23(35)31-9-15-3-5-29-10-19(15)28)22(13-37-26)25(36)33-20-8-16(27)7-18-17-4-6-30-11-21(17)32-24(18)20/h3-8,10,22,30,32H,9,11-14H2,1-2H3,(H,31,35)(H,33,36)/t22-/m0/s1. The number of nitrogens with zero attached hydrogens (tertiary/aromatic N) is 2. The van der Waals surface area contributed by atoms with Crippen LogP contribution < -0.4 is 16.0 Å². The monoisotopic (exact) mass is 526 g/mol. The number of aromatic amines is 1. The molecule has 37 heavy (non-hydrogen) atoms. The van der Waals surface area contributed by atoms with Crippen molar-refractivity contribution in [2.45, 2.75) is 38.6 Å². The molecule has 2 aliphatic heterocycles. The van der Waals surface area contributed by atoms with E-state index in [2.05, 4.69) is 25.9 Å². The number of anilines is 1. The predicted molar refractivity (Wildman–Crippen MR) is 139 cm³/mol. The number of H-pyrrole nitrogens is 1. The molecule has 194 valence electrons. The average Bonchev–Trinajstić information content (AvgIpc) is 3.22. The molecule has 1 aromatic carbocycles. The Morgan fingerprint density at radius 3 is 3.00 bits per heavy atom. The van der Waals surface area contributed by atoms with Crippen LogP contribution in [-0.2, 0) is 27.4 Å². The Balaban J connectivity index is 1.33. The molecule has 0 bridgehead atoms. The van der Waals surface area contributed by atoms with Crippen LogP contribution in [0.5, 0.6) is 0 Å². The summed E-state index contributed by atoms with van der Waals surface area (Å²) in [4.78, 5) is 35.1. The van der Waals surface area contributed by atoms with E-state index in [-0.39, 0.29) is 31.5 Å². The van der Waals surface area contributed by atoms with Gasteiger partial charge in [0.2, 0.25) is 11.8 Å². The Labute approximate surface area is 218 Å². The Morgan fingerprint density at radius 1 is 1.35 bits per heavy atom. The van der Waals surface area contributed by atoms with Crippen molar-refractivity contribution >= 4 is 46.1 Å². The quantitative estimate of drug-likeness (QED) is 0.393. The fourth-order valence-corrected chi connectivity index (χ4v) is 4.94. The maximum absolute atomic E-state index is 13.9. The van der Waals surface area contributed by atoms with Gasteiger partial charge in [-0.2, -0.15) is 0 Å². The van der Waals surface area contributed by atoms with E-state index in [9.17, 15) is 14.0 Å². The van der Waals surface area contributed by atoms with Crippen molar-refractivity contribution in [1.29, 1.82) is 0 Å². The number of carbonyl (C=O) groups excluding carboxylic acids is 2. The summed E-state index contributed by atoms with van der Waals surface area (Å²) in [6.07, 6.45) is 6.42. The van der Waals surface area contributed by atoms with Crippen molar-refractivity contribution in [3.05, 3.63) is 64.5 Å². The third-order valence-electron chi connectivity index (χ3n) is 6.54. The maximum Gasteiger partial charge on any atom is 0.244 e. The normalized spacial score (nSPS) is 18.8. The molecule has 2 aromatic heterocycles. The number of rotatable bonds is 6. The van der Waals surface area contributed by atoms with Gasteiger partial charge in [0.1, 0.15) is 11.9 Å². The molecule has 0 spiro atoms. The van der Waals surface area contributed by atoms with E-state index in [4.69, 9.17) is 16.3 Å². The molecular weight excluding hydrogens is 499 g/mol. The molecule has 1 saturated heterocycles. The number of pyridine rings is 1. The number of morpholine rings is 1. The van der Waals surface area contributed by atoms with Gasteiger partial charge in [0.05, 0.1) is 42.7 Å². The minimum atomic E-state index is -0.711. The Hall–Kier alpha value is -3.47. The lowest BCUT2D eigenvalue weighted by molar-refractivity contribution is -0.146. The van der Waals surface area contributed by atoms with Crippen LogP contribution in [0.4, 0.5) is 10.1 Å². The summed E-state index contributed by atoms with van der Waals surface area (Å²) in [7, 11) is 0. The van der Waals surface area contributed by atoms with E-state index in [1.807, 2.05) is 32.2 Å². The summed E-state index contributed by atoms with van der Waals surface area (Å²) in [6, 6.07) is 4.37. The first-order chi connectivity index (χ1) is 17.7. The van der Waals surface area contributed by atoms with Crippen molar-refractivity contribution in [3.63, 3.8) is 0 Å². The maximum atomic E-state index is 13.9. The topological polar surface area (TPSA) is 111 Å². The van der Waals surface area contributed by atoms with Crippen LogP contribution in [0.2, 0.25) is 5.02 Å². The fourth-order valence-electron chi connectivity index (χ4n) is 4.73. The predicted octanol–water partition coefficient (Wildman–Crippen LogP) is 3.16. The molecule has 4 heterocycles. The minimum absolute atomic E-state index is 0.0269. The molecule has 0 radical (unpaired) electrons. The number of carbonyl (C=O) groups is 2. The first-order valence-corrected chi connectivity index (χ1v) is 12.4. The minimum Gasteiger partial charge on any atom is -0.385 e. The van der Waals surface area contributed by atoms with Gasteiger partial charge in [-0.3, -0.25) is 19.5 Å². The summed E-state index contributed by atoms with van der Waals surface area (Å²) < 4.78 is 19.8. The second kappa shape index (κ2) is 10.1. The van der Waals surface area contributed by atoms with Gasteiger partial charge in [-0.1, -0.05) is 11.6 Å². The molecule has 11 heteroatoms. The zero-order valence-electron chi connectivity index (χ0n) is 20.5. The highest BCUT2D eigenvalue weighted by Crippen LogP contribution is 2.34. The van der Waals surface area contributed by atoms with E-state index >= 15 is 0 Å². The van der Waals surface area contributed by atoms with Crippen LogP contribution >= 0.6 is 11.6 Å². The van der Waals surface area contributed by atoms with Crippen LogP contribution in [-0.4, -0.2) is 58.0 Å². The van der Waals surface area contributed by atoms with E-state index in [0.717, 1.165) is 28.4 Å². The molecule has 3 aromatic rings. The number of halogens is 2. The number of ether oxygens (including phenoxy) is 1. The van der Waals surface area contributed by atoms with Gasteiger partial charge in [0.15, 0.2) is 0 Å². The second-order valence-electron chi connectivity index (χ2n) is 9.83. The number of hydrogen-bond donors (Lipinski definition) is 4. The highest BCUT2D eigenvalue weighted by molar-refractivity contribution is 6.32. The number of benzene rings is 1. The Bertz CT molecular complexity index is 1390. The van der Waals surface area contributed by atoms with Crippen molar-refractivity contribution in [2.24, 2.45) is 0 Å². The Kier molecular flexibility index (Phi) is 6.89. The first kappa shape index (κ1) is 25.2. The van der Waals surface area contributed by atoms with E-state index in [0.29, 0.717) is 29.4 Å². The highest BCUT2D eigenvalue weighted by atomic mass is 35.5. The average molecular weight is 527 g/mol. The third kappa shape index (κ3) is 5.46. The first-order valence-electron chi connectivity index (χ1n) is 12.0. The van der Waals surface area contributed by atoms with Crippen LogP contribution in [0.15, 0.2) is 36.8 Å². The van der Waals surface area contributed by atoms with Crippen LogP contribution in [0.1, 0.15) is 30.7 Å². The second-order valence-corrected chi connectivity index (χ2v) is 10.3. The number of aromatic nitrogens is 2. The number of hydrogen-bond acceptors (Lipinski definition) is 6. The SMILES string of the molecule is CC1(C)CN(CC(=O)NCc2ccncc2F)[C@H](C(=O)Nc2cc(Cl)cc3c4c([nH]c23)CNC=C4)CO1. The van der Waals surface area contributed by atoms with Gasteiger partial charge in [-0.15, -0.1) is 0 Å².